The van der Waals surface area contributed by atoms with Gasteiger partial charge in [-0.15, -0.1) is 0 Å². The Balaban J connectivity index is 2.26. The Labute approximate surface area is 170 Å². The molecule has 0 aromatic carbocycles. The van der Waals surface area contributed by atoms with Crippen molar-refractivity contribution in [2.75, 3.05) is 13.7 Å². The maximum Gasteiger partial charge on any atom is 0.407 e. The third-order valence-electron chi connectivity index (χ3n) is 5.41. The Hall–Kier alpha value is -1.59. The molecule has 6 heteroatoms. The van der Waals surface area contributed by atoms with Crippen molar-refractivity contribution in [1.29, 1.82) is 0 Å². The first-order valence-corrected chi connectivity index (χ1v) is 11.1. The summed E-state index contributed by atoms with van der Waals surface area (Å²) in [5, 5.41) is 2.85. The molecule has 162 valence electrons. The second-order valence-corrected chi connectivity index (χ2v) is 7.91. The number of esters is 1. The summed E-state index contributed by atoms with van der Waals surface area (Å²) in [7, 11) is 1.29. The summed E-state index contributed by atoms with van der Waals surface area (Å²) in [6.07, 6.45) is 13.4. The molecule has 1 aliphatic rings. The van der Waals surface area contributed by atoms with Crippen LogP contribution in [0.3, 0.4) is 0 Å². The van der Waals surface area contributed by atoms with E-state index in [1.807, 2.05) is 0 Å². The molecule has 0 saturated heterocycles. The molecule has 1 saturated carbocycles. The SMILES string of the molecule is CCCCCCCCCC(=O)CC(COC(=O)NC1CCCCC1)C(=O)OC. The number of Topliss-reactive ketones (excluding diaryl/α,β-unsaturated/α-hetero) is 1. The van der Waals surface area contributed by atoms with Gasteiger partial charge < -0.3 is 14.8 Å². The minimum absolute atomic E-state index is 0.0280. The van der Waals surface area contributed by atoms with E-state index in [2.05, 4.69) is 12.2 Å². The molecule has 6 nitrogen and oxygen atoms in total. The predicted octanol–water partition coefficient (Wildman–Crippen LogP) is 4.93. The number of hydrogen-bond acceptors (Lipinski definition) is 5. The highest BCUT2D eigenvalue weighted by Crippen LogP contribution is 2.18. The van der Waals surface area contributed by atoms with Crippen LogP contribution in [0.15, 0.2) is 0 Å². The Morgan fingerprint density at radius 2 is 1.61 bits per heavy atom. The number of ketones is 1. The van der Waals surface area contributed by atoms with Crippen molar-refractivity contribution in [1.82, 2.24) is 5.32 Å². The number of unbranched alkanes of at least 4 members (excludes halogenated alkanes) is 6. The van der Waals surface area contributed by atoms with Gasteiger partial charge in [0.15, 0.2) is 0 Å². The van der Waals surface area contributed by atoms with Gasteiger partial charge in [-0.2, -0.15) is 0 Å². The summed E-state index contributed by atoms with van der Waals surface area (Å²) < 4.78 is 9.98. The van der Waals surface area contributed by atoms with Crippen LogP contribution in [0.2, 0.25) is 0 Å². The standard InChI is InChI=1S/C22H39NO5/c1-3-4-5-6-7-8-12-15-20(24)16-18(21(25)27-2)17-28-22(26)23-19-13-10-9-11-14-19/h18-19H,3-17H2,1-2H3,(H,23,26). The van der Waals surface area contributed by atoms with Gasteiger partial charge in [0.2, 0.25) is 0 Å². The lowest BCUT2D eigenvalue weighted by molar-refractivity contribution is -0.148. The van der Waals surface area contributed by atoms with Crippen LogP contribution in [0, 0.1) is 5.92 Å². The second kappa shape index (κ2) is 15.3. The molecule has 1 N–H and O–H groups in total. The molecule has 0 spiro atoms. The van der Waals surface area contributed by atoms with Gasteiger partial charge in [0.1, 0.15) is 12.4 Å². The normalized spacial score (nSPS) is 15.6. The third kappa shape index (κ3) is 11.3. The van der Waals surface area contributed by atoms with Crippen LogP contribution < -0.4 is 5.32 Å². The van der Waals surface area contributed by atoms with Crippen molar-refractivity contribution in [3.63, 3.8) is 0 Å². The van der Waals surface area contributed by atoms with E-state index in [1.165, 1.54) is 39.2 Å². The molecule has 1 rings (SSSR count). The van der Waals surface area contributed by atoms with E-state index in [9.17, 15) is 14.4 Å². The number of nitrogens with one attached hydrogen (secondary N) is 1. The zero-order chi connectivity index (χ0) is 20.6. The summed E-state index contributed by atoms with van der Waals surface area (Å²) in [5.41, 5.74) is 0. The molecular weight excluding hydrogens is 358 g/mol. The van der Waals surface area contributed by atoms with Crippen molar-refractivity contribution >= 4 is 17.8 Å². The topological polar surface area (TPSA) is 81.7 Å². The van der Waals surface area contributed by atoms with E-state index in [-0.39, 0.29) is 24.9 Å². The highest BCUT2D eigenvalue weighted by atomic mass is 16.6. The van der Waals surface area contributed by atoms with Gasteiger partial charge in [0, 0.05) is 18.9 Å². The fraction of sp³-hybridized carbons (Fsp3) is 0.864. The summed E-state index contributed by atoms with van der Waals surface area (Å²) >= 11 is 0. The van der Waals surface area contributed by atoms with Crippen molar-refractivity contribution in [3.05, 3.63) is 0 Å². The van der Waals surface area contributed by atoms with Crippen LogP contribution in [-0.4, -0.2) is 37.6 Å². The quantitative estimate of drug-likeness (QED) is 0.332. The van der Waals surface area contributed by atoms with Crippen molar-refractivity contribution < 1.29 is 23.9 Å². The largest absolute Gasteiger partial charge is 0.469 e. The van der Waals surface area contributed by atoms with Crippen LogP contribution in [-0.2, 0) is 19.1 Å². The number of amides is 1. The van der Waals surface area contributed by atoms with Gasteiger partial charge in [-0.1, -0.05) is 64.7 Å². The molecule has 1 amide bonds. The highest BCUT2D eigenvalue weighted by molar-refractivity contribution is 5.84. The van der Waals surface area contributed by atoms with Gasteiger partial charge in [0.05, 0.1) is 13.0 Å². The van der Waals surface area contributed by atoms with Gasteiger partial charge in [-0.25, -0.2) is 4.79 Å². The number of alkyl carbamates (subject to hydrolysis) is 1. The lowest BCUT2D eigenvalue weighted by atomic mass is 9.96. The van der Waals surface area contributed by atoms with Gasteiger partial charge in [-0.3, -0.25) is 9.59 Å². The molecular formula is C22H39NO5. The summed E-state index contributed by atoms with van der Waals surface area (Å²) in [6, 6.07) is 0.150. The lowest BCUT2D eigenvalue weighted by Gasteiger charge is -2.23. The minimum atomic E-state index is -0.723. The fourth-order valence-electron chi connectivity index (χ4n) is 3.66. The minimum Gasteiger partial charge on any atom is -0.469 e. The van der Waals surface area contributed by atoms with E-state index >= 15 is 0 Å². The van der Waals surface area contributed by atoms with Crippen molar-refractivity contribution in [2.24, 2.45) is 5.92 Å². The molecule has 0 bridgehead atoms. The summed E-state index contributed by atoms with van der Waals surface area (Å²) in [5.74, 6) is -1.20. The van der Waals surface area contributed by atoms with E-state index in [1.54, 1.807) is 0 Å². The average Bonchev–Trinajstić information content (AvgIpc) is 2.70. The number of carbonyl (C=O) groups is 3. The number of hydrogen-bond donors (Lipinski definition) is 1. The first-order valence-electron chi connectivity index (χ1n) is 11.1. The first kappa shape index (κ1) is 24.4. The summed E-state index contributed by atoms with van der Waals surface area (Å²) in [6.45, 7) is 2.08. The number of rotatable bonds is 14. The number of ether oxygens (including phenoxy) is 2. The van der Waals surface area contributed by atoms with Crippen LogP contribution in [0.5, 0.6) is 0 Å². The molecule has 0 aromatic rings. The molecule has 28 heavy (non-hydrogen) atoms. The molecule has 0 aromatic heterocycles. The fourth-order valence-corrected chi connectivity index (χ4v) is 3.66. The van der Waals surface area contributed by atoms with Gasteiger partial charge in [-0.05, 0) is 19.3 Å². The van der Waals surface area contributed by atoms with Crippen molar-refractivity contribution in [2.45, 2.75) is 103 Å². The van der Waals surface area contributed by atoms with E-state index in [4.69, 9.17) is 9.47 Å². The molecule has 0 radical (unpaired) electrons. The maximum absolute atomic E-state index is 12.2. The maximum atomic E-state index is 12.2. The molecule has 0 aliphatic heterocycles. The Bertz CT molecular complexity index is 460. The van der Waals surface area contributed by atoms with Gasteiger partial charge in [0.25, 0.3) is 0 Å². The van der Waals surface area contributed by atoms with Crippen LogP contribution >= 0.6 is 0 Å². The highest BCUT2D eigenvalue weighted by Gasteiger charge is 2.25. The van der Waals surface area contributed by atoms with Crippen LogP contribution in [0.1, 0.15) is 96.8 Å². The average molecular weight is 398 g/mol. The molecule has 0 heterocycles. The van der Waals surface area contributed by atoms with Crippen LogP contribution in [0.4, 0.5) is 4.79 Å². The molecule has 1 fully saturated rings. The second-order valence-electron chi connectivity index (χ2n) is 7.91. The first-order chi connectivity index (χ1) is 13.6. The Kier molecular flexibility index (Phi) is 13.4. The zero-order valence-electron chi connectivity index (χ0n) is 17.8. The van der Waals surface area contributed by atoms with E-state index in [0.29, 0.717) is 6.42 Å². The van der Waals surface area contributed by atoms with Gasteiger partial charge >= 0.3 is 12.1 Å². The van der Waals surface area contributed by atoms with Crippen molar-refractivity contribution in [3.8, 4) is 0 Å². The smallest absolute Gasteiger partial charge is 0.407 e. The zero-order valence-corrected chi connectivity index (χ0v) is 17.8. The molecule has 1 atom stereocenters. The monoisotopic (exact) mass is 397 g/mol. The third-order valence-corrected chi connectivity index (χ3v) is 5.41. The number of methoxy groups -OCH3 is 1. The number of carbonyl (C=O) groups excluding carboxylic acids is 3. The lowest BCUT2D eigenvalue weighted by Crippen LogP contribution is -2.38. The van der Waals surface area contributed by atoms with E-state index in [0.717, 1.165) is 44.9 Å². The Morgan fingerprint density at radius 1 is 0.964 bits per heavy atom. The Morgan fingerprint density at radius 3 is 2.25 bits per heavy atom. The molecule has 1 aliphatic carbocycles. The molecule has 1 unspecified atom stereocenters. The van der Waals surface area contributed by atoms with Crippen LogP contribution in [0.25, 0.3) is 0 Å². The van der Waals surface area contributed by atoms with E-state index < -0.39 is 18.0 Å². The predicted molar refractivity (Wildman–Crippen MR) is 109 cm³/mol. The summed E-state index contributed by atoms with van der Waals surface area (Å²) in [4.78, 5) is 36.1.